The quantitative estimate of drug-likeness (QED) is 0.132. The van der Waals surface area contributed by atoms with Gasteiger partial charge in [0.25, 0.3) is 5.69 Å². The zero-order valence-electron chi connectivity index (χ0n) is 32.4. The maximum absolute atomic E-state index is 12.4. The second-order valence-corrected chi connectivity index (χ2v) is 16.7. The first kappa shape index (κ1) is 35.8. The van der Waals surface area contributed by atoms with Crippen LogP contribution in [0.1, 0.15) is 74.9 Å². The first-order valence-electron chi connectivity index (χ1n) is 19.0. The minimum Gasteiger partial charge on any atom is -0.349 e. The van der Waals surface area contributed by atoms with Crippen molar-refractivity contribution in [2.75, 3.05) is 5.32 Å². The Kier molecular flexibility index (Phi) is 8.81. The lowest BCUT2D eigenvalue weighted by Crippen LogP contribution is -2.28. The van der Waals surface area contributed by atoms with Crippen LogP contribution in [0.4, 0.5) is 17.1 Å². The molecule has 4 nitrogen and oxygen atoms in total. The smallest absolute Gasteiger partial charge is 0.292 e. The van der Waals surface area contributed by atoms with Crippen molar-refractivity contribution in [1.29, 1.82) is 0 Å². The number of nitro groups is 1. The fourth-order valence-electron chi connectivity index (χ4n) is 8.32. The molecule has 55 heavy (non-hydrogen) atoms. The summed E-state index contributed by atoms with van der Waals surface area (Å²) in [5, 5.41) is 16.0. The molecule has 0 atom stereocenters. The molecule has 0 saturated carbocycles. The van der Waals surface area contributed by atoms with Gasteiger partial charge in [-0.15, -0.1) is 0 Å². The fraction of sp³-hybridized carbons (Fsp3) is 0.176. The summed E-state index contributed by atoms with van der Waals surface area (Å²) in [6.45, 7) is 13.5. The third-order valence-electron chi connectivity index (χ3n) is 11.2. The van der Waals surface area contributed by atoms with Crippen molar-refractivity contribution in [1.82, 2.24) is 0 Å². The molecule has 0 heterocycles. The molecule has 1 N–H and O–H groups in total. The SMILES string of the molecule is CC(C)(C)c1cc(-c2cccc(-c3cccc(C4(c5ccccc5)c5ccccc5-c5ccccc54)c3)c2Nc2ccccc2[N+](=O)[O-])cc(C(C)(C)C)c1. The van der Waals surface area contributed by atoms with Crippen LogP contribution in [0.2, 0.25) is 0 Å². The number of fused-ring (bicyclic) bond motifs is 3. The molecule has 1 aliphatic carbocycles. The van der Waals surface area contributed by atoms with Crippen LogP contribution < -0.4 is 5.32 Å². The van der Waals surface area contributed by atoms with Gasteiger partial charge in [0, 0.05) is 17.2 Å². The van der Waals surface area contributed by atoms with Crippen molar-refractivity contribution in [3.63, 3.8) is 0 Å². The Hall–Kier alpha value is -6.26. The summed E-state index contributed by atoms with van der Waals surface area (Å²) in [6, 6.07) is 57.4. The normalized spacial score (nSPS) is 13.2. The molecule has 0 aromatic heterocycles. The van der Waals surface area contributed by atoms with Crippen molar-refractivity contribution in [3.05, 3.63) is 207 Å². The van der Waals surface area contributed by atoms with E-state index in [1.165, 1.54) is 38.9 Å². The molecule has 0 radical (unpaired) electrons. The van der Waals surface area contributed by atoms with E-state index in [9.17, 15) is 10.1 Å². The summed E-state index contributed by atoms with van der Waals surface area (Å²) in [4.78, 5) is 12.0. The first-order chi connectivity index (χ1) is 26.4. The summed E-state index contributed by atoms with van der Waals surface area (Å²) in [6.07, 6.45) is 0. The minimum atomic E-state index is -0.559. The number of nitro benzene ring substituents is 1. The Morgan fingerprint density at radius 2 is 0.982 bits per heavy atom. The number of anilines is 2. The molecule has 272 valence electrons. The van der Waals surface area contributed by atoms with Crippen LogP contribution >= 0.6 is 0 Å². The fourth-order valence-corrected chi connectivity index (χ4v) is 8.32. The van der Waals surface area contributed by atoms with E-state index in [1.807, 2.05) is 6.07 Å². The van der Waals surface area contributed by atoms with Crippen molar-refractivity contribution in [3.8, 4) is 33.4 Å². The van der Waals surface area contributed by atoms with Crippen LogP contribution in [0.15, 0.2) is 164 Å². The number of rotatable bonds is 7. The van der Waals surface area contributed by atoms with Gasteiger partial charge in [-0.3, -0.25) is 10.1 Å². The highest BCUT2D eigenvalue weighted by molar-refractivity contribution is 5.95. The second-order valence-electron chi connectivity index (χ2n) is 16.7. The molecule has 7 aromatic rings. The molecule has 0 bridgehead atoms. The zero-order chi connectivity index (χ0) is 38.5. The number of nitrogens with zero attached hydrogens (tertiary/aromatic N) is 1. The van der Waals surface area contributed by atoms with Crippen molar-refractivity contribution >= 4 is 17.1 Å². The van der Waals surface area contributed by atoms with Crippen molar-refractivity contribution < 1.29 is 4.92 Å². The standard InChI is InChI=1S/C51H46N2O2/c1-49(2,3)38-31-35(32-39(33-38)50(4,5)6)41-25-17-24-40(48(41)52-46-28-14-15-29-47(46)53(54)55)34-18-16-21-37(30-34)51(36-19-8-7-9-20-36)44-26-12-10-22-42(44)43-23-11-13-27-45(43)51/h7-33,52H,1-6H3. The van der Waals surface area contributed by atoms with E-state index in [-0.39, 0.29) is 21.4 Å². The Morgan fingerprint density at radius 1 is 0.491 bits per heavy atom. The lowest BCUT2D eigenvalue weighted by molar-refractivity contribution is -0.383. The summed E-state index contributed by atoms with van der Waals surface area (Å²) in [5.74, 6) is 0. The molecule has 0 unspecified atom stereocenters. The minimum absolute atomic E-state index is 0.0260. The summed E-state index contributed by atoms with van der Waals surface area (Å²) in [7, 11) is 0. The highest BCUT2D eigenvalue weighted by Crippen LogP contribution is 2.56. The van der Waals surface area contributed by atoms with E-state index < -0.39 is 5.41 Å². The topological polar surface area (TPSA) is 55.2 Å². The van der Waals surface area contributed by atoms with Crippen LogP contribution in [-0.2, 0) is 16.2 Å². The maximum atomic E-state index is 12.4. The molecule has 0 aliphatic heterocycles. The van der Waals surface area contributed by atoms with Crippen LogP contribution in [0, 0.1) is 10.1 Å². The lowest BCUT2D eigenvalue weighted by Gasteiger charge is -2.34. The van der Waals surface area contributed by atoms with E-state index in [4.69, 9.17) is 0 Å². The zero-order valence-corrected chi connectivity index (χ0v) is 32.4. The molecule has 7 aromatic carbocycles. The molecule has 4 heteroatoms. The second kappa shape index (κ2) is 13.5. The Labute approximate surface area is 324 Å². The highest BCUT2D eigenvalue weighted by atomic mass is 16.6. The number of hydrogen-bond acceptors (Lipinski definition) is 3. The van der Waals surface area contributed by atoms with E-state index in [1.54, 1.807) is 18.2 Å². The molecule has 0 amide bonds. The highest BCUT2D eigenvalue weighted by Gasteiger charge is 2.46. The van der Waals surface area contributed by atoms with Crippen LogP contribution in [0.25, 0.3) is 33.4 Å². The Balaban J connectivity index is 1.41. The molecule has 1 aliphatic rings. The Morgan fingerprint density at radius 3 is 1.58 bits per heavy atom. The van der Waals surface area contributed by atoms with Crippen LogP contribution in [-0.4, -0.2) is 4.92 Å². The lowest BCUT2D eigenvalue weighted by atomic mass is 9.67. The van der Waals surface area contributed by atoms with Crippen LogP contribution in [0.3, 0.4) is 0 Å². The number of benzene rings is 7. The van der Waals surface area contributed by atoms with Gasteiger partial charge in [0.1, 0.15) is 5.69 Å². The molecule has 8 rings (SSSR count). The van der Waals surface area contributed by atoms with Crippen LogP contribution in [0.5, 0.6) is 0 Å². The summed E-state index contributed by atoms with van der Waals surface area (Å²) in [5.41, 5.74) is 14.4. The van der Waals surface area contributed by atoms with Gasteiger partial charge >= 0.3 is 0 Å². The van der Waals surface area contributed by atoms with E-state index in [2.05, 4.69) is 186 Å². The predicted octanol–water partition coefficient (Wildman–Crippen LogP) is 13.6. The summed E-state index contributed by atoms with van der Waals surface area (Å²) >= 11 is 0. The molecular formula is C51H46N2O2. The van der Waals surface area contributed by atoms with Crippen molar-refractivity contribution in [2.45, 2.75) is 57.8 Å². The van der Waals surface area contributed by atoms with E-state index >= 15 is 0 Å². The molecule has 0 spiro atoms. The maximum Gasteiger partial charge on any atom is 0.292 e. The Bertz CT molecular complexity index is 2490. The summed E-state index contributed by atoms with van der Waals surface area (Å²) < 4.78 is 0. The third kappa shape index (κ3) is 6.22. The monoisotopic (exact) mass is 718 g/mol. The molecule has 0 saturated heterocycles. The van der Waals surface area contributed by atoms with Gasteiger partial charge in [-0.2, -0.15) is 0 Å². The number of hydrogen-bond donors (Lipinski definition) is 1. The van der Waals surface area contributed by atoms with E-state index in [0.717, 1.165) is 33.5 Å². The number of para-hydroxylation sites is 3. The van der Waals surface area contributed by atoms with Gasteiger partial charge < -0.3 is 5.32 Å². The van der Waals surface area contributed by atoms with Gasteiger partial charge in [0.15, 0.2) is 0 Å². The van der Waals surface area contributed by atoms with Gasteiger partial charge in [0.05, 0.1) is 16.0 Å². The van der Waals surface area contributed by atoms with Gasteiger partial charge in [-0.05, 0) is 78.6 Å². The first-order valence-corrected chi connectivity index (χ1v) is 19.0. The van der Waals surface area contributed by atoms with E-state index in [0.29, 0.717) is 5.69 Å². The van der Waals surface area contributed by atoms with Gasteiger partial charge in [-0.1, -0.05) is 187 Å². The average Bonchev–Trinajstić information content (AvgIpc) is 3.49. The molecule has 0 fully saturated rings. The van der Waals surface area contributed by atoms with Crippen molar-refractivity contribution in [2.24, 2.45) is 0 Å². The average molecular weight is 719 g/mol. The number of nitrogens with one attached hydrogen (secondary N) is 1. The third-order valence-corrected chi connectivity index (χ3v) is 11.2. The largest absolute Gasteiger partial charge is 0.349 e. The predicted molar refractivity (Wildman–Crippen MR) is 228 cm³/mol. The van der Waals surface area contributed by atoms with Gasteiger partial charge in [0.2, 0.25) is 0 Å². The van der Waals surface area contributed by atoms with Gasteiger partial charge in [-0.25, -0.2) is 0 Å². The molecular weight excluding hydrogens is 673 g/mol.